The van der Waals surface area contributed by atoms with Crippen LogP contribution in [0.15, 0.2) is 36.4 Å². The van der Waals surface area contributed by atoms with E-state index in [2.05, 4.69) is 10.2 Å². The molecular weight excluding hydrogens is 275 g/mol. The first-order valence-electron chi connectivity index (χ1n) is 6.26. The first kappa shape index (κ1) is 13.0. The summed E-state index contributed by atoms with van der Waals surface area (Å²) < 4.78 is 13.4. The van der Waals surface area contributed by atoms with Gasteiger partial charge in [0.15, 0.2) is 5.15 Å². The molecule has 20 heavy (non-hydrogen) atoms. The molecule has 0 aliphatic heterocycles. The Labute approximate surface area is 121 Å². The fourth-order valence-corrected chi connectivity index (χ4v) is 2.74. The maximum Gasteiger partial charge on any atom is 0.159 e. The predicted octanol–water partition coefficient (Wildman–Crippen LogP) is 4.71. The van der Waals surface area contributed by atoms with Gasteiger partial charge in [0.05, 0.1) is 0 Å². The molecule has 0 aliphatic rings. The number of halogens is 2. The van der Waals surface area contributed by atoms with Crippen molar-refractivity contribution in [2.75, 3.05) is 0 Å². The first-order valence-corrected chi connectivity index (χ1v) is 6.64. The van der Waals surface area contributed by atoms with Gasteiger partial charge in [0.1, 0.15) is 11.5 Å². The normalized spacial score (nSPS) is 11.0. The highest BCUT2D eigenvalue weighted by Crippen LogP contribution is 2.33. The minimum Gasteiger partial charge on any atom is -0.207 e. The molecule has 0 aliphatic carbocycles. The fraction of sp³-hybridized carbons (Fsp3) is 0.125. The Morgan fingerprint density at radius 2 is 1.55 bits per heavy atom. The molecule has 0 saturated carbocycles. The van der Waals surface area contributed by atoms with Crippen LogP contribution in [0.1, 0.15) is 11.1 Å². The van der Waals surface area contributed by atoms with Gasteiger partial charge in [0, 0.05) is 16.3 Å². The maximum atomic E-state index is 13.4. The van der Waals surface area contributed by atoms with E-state index in [-0.39, 0.29) is 5.82 Å². The fourth-order valence-electron chi connectivity index (χ4n) is 2.54. The highest BCUT2D eigenvalue weighted by atomic mass is 35.5. The van der Waals surface area contributed by atoms with Gasteiger partial charge >= 0.3 is 0 Å². The number of hydrogen-bond acceptors (Lipinski definition) is 2. The van der Waals surface area contributed by atoms with Gasteiger partial charge in [-0.3, -0.25) is 0 Å². The molecule has 0 saturated heterocycles. The highest BCUT2D eigenvalue weighted by molar-refractivity contribution is 6.34. The van der Waals surface area contributed by atoms with Crippen molar-refractivity contribution in [1.29, 1.82) is 0 Å². The minimum absolute atomic E-state index is 0.241. The monoisotopic (exact) mass is 286 g/mol. The second-order valence-corrected chi connectivity index (χ2v) is 5.16. The Morgan fingerprint density at radius 1 is 0.950 bits per heavy atom. The topological polar surface area (TPSA) is 25.8 Å². The summed E-state index contributed by atoms with van der Waals surface area (Å²) in [6.07, 6.45) is 0. The standard InChI is InChI=1S/C16H12ClFN2/c1-9-7-11(18)8-10(2)14(9)15-12-5-3-4-6-13(12)16(17)20-19-15/h3-8H,1-2H3. The molecule has 0 unspecified atom stereocenters. The van der Waals surface area contributed by atoms with Gasteiger partial charge in [0.2, 0.25) is 0 Å². The summed E-state index contributed by atoms with van der Waals surface area (Å²) in [6.45, 7) is 3.74. The van der Waals surface area contributed by atoms with Crippen LogP contribution in [0.4, 0.5) is 4.39 Å². The first-order chi connectivity index (χ1) is 9.58. The van der Waals surface area contributed by atoms with Gasteiger partial charge in [-0.25, -0.2) is 4.39 Å². The van der Waals surface area contributed by atoms with E-state index in [9.17, 15) is 4.39 Å². The lowest BCUT2D eigenvalue weighted by atomic mass is 9.96. The van der Waals surface area contributed by atoms with Gasteiger partial charge in [-0.1, -0.05) is 35.9 Å². The predicted molar refractivity (Wildman–Crippen MR) is 79.4 cm³/mol. The zero-order valence-electron chi connectivity index (χ0n) is 11.1. The molecule has 0 spiro atoms. The third kappa shape index (κ3) is 2.04. The van der Waals surface area contributed by atoms with Crippen LogP contribution in [0, 0.1) is 19.7 Å². The molecule has 3 rings (SSSR count). The number of nitrogens with zero attached hydrogens (tertiary/aromatic N) is 2. The van der Waals surface area contributed by atoms with Crippen LogP contribution < -0.4 is 0 Å². The molecular formula is C16H12ClFN2. The molecule has 3 aromatic rings. The minimum atomic E-state index is -0.241. The number of aryl methyl sites for hydroxylation is 2. The Morgan fingerprint density at radius 3 is 2.20 bits per heavy atom. The molecule has 0 fully saturated rings. The number of hydrogen-bond donors (Lipinski definition) is 0. The lowest BCUT2D eigenvalue weighted by Crippen LogP contribution is -1.96. The summed E-state index contributed by atoms with van der Waals surface area (Å²) in [5.41, 5.74) is 3.32. The zero-order valence-corrected chi connectivity index (χ0v) is 11.9. The Bertz CT molecular complexity index is 792. The quantitative estimate of drug-likeness (QED) is 0.647. The highest BCUT2D eigenvalue weighted by Gasteiger charge is 2.14. The molecule has 100 valence electrons. The molecule has 0 atom stereocenters. The number of fused-ring (bicyclic) bond motifs is 1. The molecule has 0 bridgehead atoms. The molecule has 2 aromatic carbocycles. The second-order valence-electron chi connectivity index (χ2n) is 4.80. The molecule has 1 heterocycles. The van der Waals surface area contributed by atoms with Crippen LogP contribution >= 0.6 is 11.6 Å². The van der Waals surface area contributed by atoms with E-state index < -0.39 is 0 Å². The van der Waals surface area contributed by atoms with E-state index in [4.69, 9.17) is 11.6 Å². The SMILES string of the molecule is Cc1cc(F)cc(C)c1-c1nnc(Cl)c2ccccc12. The van der Waals surface area contributed by atoms with Crippen molar-refractivity contribution in [1.82, 2.24) is 10.2 Å². The van der Waals surface area contributed by atoms with Crippen molar-refractivity contribution >= 4 is 22.4 Å². The summed E-state index contributed by atoms with van der Waals surface area (Å²) in [7, 11) is 0. The van der Waals surface area contributed by atoms with Crippen molar-refractivity contribution in [2.24, 2.45) is 0 Å². The summed E-state index contributed by atoms with van der Waals surface area (Å²) in [6, 6.07) is 10.7. The van der Waals surface area contributed by atoms with Crippen molar-refractivity contribution in [3.63, 3.8) is 0 Å². The maximum absolute atomic E-state index is 13.4. The lowest BCUT2D eigenvalue weighted by molar-refractivity contribution is 0.625. The van der Waals surface area contributed by atoms with E-state index in [1.807, 2.05) is 38.1 Å². The van der Waals surface area contributed by atoms with Crippen LogP contribution in [0.25, 0.3) is 22.0 Å². The Balaban J connectivity index is 2.39. The van der Waals surface area contributed by atoms with Crippen LogP contribution in [-0.2, 0) is 0 Å². The average molecular weight is 287 g/mol. The smallest absolute Gasteiger partial charge is 0.159 e. The second kappa shape index (κ2) is 4.84. The Hall–Kier alpha value is -2.00. The average Bonchev–Trinajstić information content (AvgIpc) is 2.40. The zero-order chi connectivity index (χ0) is 14.3. The molecule has 2 nitrogen and oxygen atoms in total. The van der Waals surface area contributed by atoms with E-state index in [1.54, 1.807) is 0 Å². The molecule has 0 amide bonds. The lowest BCUT2D eigenvalue weighted by Gasteiger charge is -2.12. The number of benzene rings is 2. The summed E-state index contributed by atoms with van der Waals surface area (Å²) in [5, 5.41) is 10.4. The molecule has 0 N–H and O–H groups in total. The van der Waals surface area contributed by atoms with Gasteiger partial charge < -0.3 is 0 Å². The number of aromatic nitrogens is 2. The van der Waals surface area contributed by atoms with Crippen LogP contribution in [0.2, 0.25) is 5.15 Å². The largest absolute Gasteiger partial charge is 0.207 e. The third-order valence-electron chi connectivity index (χ3n) is 3.38. The number of rotatable bonds is 1. The molecule has 4 heteroatoms. The summed E-state index contributed by atoms with van der Waals surface area (Å²) >= 11 is 6.09. The van der Waals surface area contributed by atoms with Crippen LogP contribution in [0.5, 0.6) is 0 Å². The third-order valence-corrected chi connectivity index (χ3v) is 3.66. The van der Waals surface area contributed by atoms with Gasteiger partial charge in [-0.15, -0.1) is 10.2 Å². The van der Waals surface area contributed by atoms with Crippen molar-refractivity contribution in [3.05, 3.63) is 58.5 Å². The molecule has 1 aromatic heterocycles. The van der Waals surface area contributed by atoms with E-state index in [1.165, 1.54) is 12.1 Å². The van der Waals surface area contributed by atoms with Crippen LogP contribution in [0.3, 0.4) is 0 Å². The summed E-state index contributed by atoms with van der Waals surface area (Å²) in [4.78, 5) is 0. The van der Waals surface area contributed by atoms with E-state index in [0.717, 1.165) is 33.2 Å². The van der Waals surface area contributed by atoms with Gasteiger partial charge in [0.25, 0.3) is 0 Å². The van der Waals surface area contributed by atoms with Gasteiger partial charge in [-0.2, -0.15) is 0 Å². The summed E-state index contributed by atoms with van der Waals surface area (Å²) in [5.74, 6) is -0.241. The molecule has 0 radical (unpaired) electrons. The van der Waals surface area contributed by atoms with E-state index in [0.29, 0.717) is 5.15 Å². The van der Waals surface area contributed by atoms with E-state index >= 15 is 0 Å². The van der Waals surface area contributed by atoms with Crippen LogP contribution in [-0.4, -0.2) is 10.2 Å². The van der Waals surface area contributed by atoms with Crippen molar-refractivity contribution < 1.29 is 4.39 Å². The Kier molecular flexibility index (Phi) is 3.14. The van der Waals surface area contributed by atoms with Crippen molar-refractivity contribution in [2.45, 2.75) is 13.8 Å². The van der Waals surface area contributed by atoms with Gasteiger partial charge in [-0.05, 0) is 37.1 Å². The van der Waals surface area contributed by atoms with Crippen molar-refractivity contribution in [3.8, 4) is 11.3 Å².